The standard InChI is InChI=1S/C36H61N3O15/c1-5-21-14-22(33(47)38-12-11-37-18(3)41)15-23(31(21)54-36-30(46)29(45)27(43)17(2)50-36)52-35-26(39-19(4)42)32(28(44)25(16-40)53-35)51-24(34(48)49)13-20-9-7-6-8-10-20/h17,20-32,35-36,40,43-46H,5-16H2,1-4H3,(H,37,41)(H,38,47)(H,39,42)(H,48,49)/t17?,21-,22?,23-,24+,25?,26?,27-,28+,29+,30?,31?,32?,35-,36+/m1/s1. The summed E-state index contributed by atoms with van der Waals surface area (Å²) in [5.74, 6) is -3.37. The molecule has 0 bridgehead atoms. The van der Waals surface area contributed by atoms with Crippen LogP contribution in [0.5, 0.6) is 0 Å². The van der Waals surface area contributed by atoms with E-state index in [4.69, 9.17) is 23.7 Å². The Morgan fingerprint density at radius 2 is 1.50 bits per heavy atom. The van der Waals surface area contributed by atoms with E-state index in [0.29, 0.717) is 12.8 Å². The molecule has 15 atom stereocenters. The molecule has 7 unspecified atom stereocenters. The quantitative estimate of drug-likeness (QED) is 0.0822. The summed E-state index contributed by atoms with van der Waals surface area (Å²) in [6.07, 6.45) is -10.4. The number of hydrogen-bond donors (Lipinski definition) is 9. The van der Waals surface area contributed by atoms with Crippen LogP contribution in [0, 0.1) is 17.8 Å². The van der Waals surface area contributed by atoms with E-state index >= 15 is 0 Å². The Kier molecular flexibility index (Phi) is 16.9. The molecule has 310 valence electrons. The normalized spacial score (nSPS) is 38.2. The molecule has 0 aromatic carbocycles. The zero-order chi connectivity index (χ0) is 39.7. The topological polar surface area (TPSA) is 272 Å². The van der Waals surface area contributed by atoms with Crippen molar-refractivity contribution < 1.29 is 73.5 Å². The number of carboxylic acids is 1. The van der Waals surface area contributed by atoms with E-state index in [1.165, 1.54) is 20.8 Å². The van der Waals surface area contributed by atoms with E-state index in [1.54, 1.807) is 0 Å². The number of aliphatic carboxylic acids is 1. The van der Waals surface area contributed by atoms with Crippen LogP contribution >= 0.6 is 0 Å². The molecule has 2 aliphatic carbocycles. The minimum Gasteiger partial charge on any atom is -0.479 e. The highest BCUT2D eigenvalue weighted by atomic mass is 16.7. The summed E-state index contributed by atoms with van der Waals surface area (Å²) in [6, 6.07) is -1.30. The highest BCUT2D eigenvalue weighted by Gasteiger charge is 2.53. The van der Waals surface area contributed by atoms with Gasteiger partial charge in [0.1, 0.15) is 42.7 Å². The van der Waals surface area contributed by atoms with Gasteiger partial charge in [0.15, 0.2) is 18.7 Å². The van der Waals surface area contributed by atoms with Crippen LogP contribution in [0.4, 0.5) is 0 Å². The van der Waals surface area contributed by atoms with Gasteiger partial charge in [-0.3, -0.25) is 14.4 Å². The summed E-state index contributed by atoms with van der Waals surface area (Å²) in [7, 11) is 0. The maximum atomic E-state index is 13.5. The van der Waals surface area contributed by atoms with E-state index < -0.39 is 110 Å². The number of aliphatic hydroxyl groups is 5. The van der Waals surface area contributed by atoms with Crippen LogP contribution in [-0.4, -0.2) is 154 Å². The molecule has 4 aliphatic rings. The first-order valence-electron chi connectivity index (χ1n) is 19.3. The van der Waals surface area contributed by atoms with E-state index in [0.717, 1.165) is 32.1 Å². The summed E-state index contributed by atoms with van der Waals surface area (Å²) in [4.78, 5) is 50.0. The Morgan fingerprint density at radius 1 is 0.815 bits per heavy atom. The number of rotatable bonds is 16. The first-order valence-corrected chi connectivity index (χ1v) is 19.3. The molecule has 4 fully saturated rings. The Morgan fingerprint density at radius 3 is 2.11 bits per heavy atom. The number of carbonyl (C=O) groups excluding carboxylic acids is 3. The zero-order valence-corrected chi connectivity index (χ0v) is 31.6. The molecule has 18 heteroatoms. The first kappa shape index (κ1) is 44.2. The molecule has 2 heterocycles. The molecule has 0 spiro atoms. The molecular formula is C36H61N3O15. The maximum Gasteiger partial charge on any atom is 0.332 e. The van der Waals surface area contributed by atoms with Gasteiger partial charge < -0.3 is 70.3 Å². The molecule has 0 aromatic rings. The molecule has 3 amide bonds. The van der Waals surface area contributed by atoms with Gasteiger partial charge in [0, 0.05) is 32.9 Å². The van der Waals surface area contributed by atoms with Gasteiger partial charge in [-0.1, -0.05) is 45.4 Å². The lowest BCUT2D eigenvalue weighted by Crippen LogP contribution is -2.67. The largest absolute Gasteiger partial charge is 0.479 e. The number of ether oxygens (including phenoxy) is 5. The van der Waals surface area contributed by atoms with Crippen molar-refractivity contribution in [1.29, 1.82) is 0 Å². The minimum atomic E-state index is -1.65. The van der Waals surface area contributed by atoms with E-state index in [-0.39, 0.29) is 43.7 Å². The van der Waals surface area contributed by atoms with Crippen molar-refractivity contribution in [3.8, 4) is 0 Å². The summed E-state index contributed by atoms with van der Waals surface area (Å²) in [5, 5.41) is 71.6. The smallest absolute Gasteiger partial charge is 0.332 e. The zero-order valence-electron chi connectivity index (χ0n) is 31.6. The third-order valence-corrected chi connectivity index (χ3v) is 11.1. The first-order chi connectivity index (χ1) is 25.6. The molecule has 2 saturated heterocycles. The van der Waals surface area contributed by atoms with Gasteiger partial charge >= 0.3 is 5.97 Å². The Labute approximate surface area is 315 Å². The van der Waals surface area contributed by atoms with Gasteiger partial charge in [-0.05, 0) is 38.0 Å². The SMILES string of the molecule is CC[C@@H]1CC(C(=O)NCCNC(C)=O)C[C@@H](O[C@@H]2OC(CO)[C@H](O)C(O[C@@H](CC3CCCCC3)C(=O)O)C2NC(C)=O)C1O[C@@H]1OC(C)[C@@H](O)[C@H](O)C1O. The monoisotopic (exact) mass is 775 g/mol. The summed E-state index contributed by atoms with van der Waals surface area (Å²) >= 11 is 0. The second-order valence-electron chi connectivity index (χ2n) is 15.2. The molecule has 0 aromatic heterocycles. The number of amides is 3. The fourth-order valence-electron chi connectivity index (χ4n) is 8.14. The highest BCUT2D eigenvalue weighted by Crippen LogP contribution is 2.40. The number of hydrogen-bond acceptors (Lipinski definition) is 14. The van der Waals surface area contributed by atoms with Gasteiger partial charge in [-0.15, -0.1) is 0 Å². The lowest BCUT2D eigenvalue weighted by atomic mass is 9.75. The summed E-state index contributed by atoms with van der Waals surface area (Å²) < 4.78 is 30.9. The third kappa shape index (κ3) is 11.5. The van der Waals surface area contributed by atoms with Crippen molar-refractivity contribution in [2.24, 2.45) is 17.8 Å². The third-order valence-electron chi connectivity index (χ3n) is 11.1. The fraction of sp³-hybridized carbons (Fsp3) is 0.889. The number of carboxylic acid groups (broad SMARTS) is 1. The highest BCUT2D eigenvalue weighted by molar-refractivity contribution is 5.79. The van der Waals surface area contributed by atoms with Crippen LogP contribution in [0.2, 0.25) is 0 Å². The second-order valence-corrected chi connectivity index (χ2v) is 15.2. The van der Waals surface area contributed by atoms with Crippen LogP contribution < -0.4 is 16.0 Å². The molecular weight excluding hydrogens is 714 g/mol. The molecule has 4 rings (SSSR count). The second kappa shape index (κ2) is 20.6. The van der Waals surface area contributed by atoms with Crippen molar-refractivity contribution in [3.63, 3.8) is 0 Å². The maximum absolute atomic E-state index is 13.5. The predicted octanol–water partition coefficient (Wildman–Crippen LogP) is -1.34. The van der Waals surface area contributed by atoms with E-state index in [1.807, 2.05) is 6.92 Å². The van der Waals surface area contributed by atoms with Crippen molar-refractivity contribution in [3.05, 3.63) is 0 Å². The summed E-state index contributed by atoms with van der Waals surface area (Å²) in [6.45, 7) is 5.62. The molecule has 54 heavy (non-hydrogen) atoms. The van der Waals surface area contributed by atoms with Crippen LogP contribution in [0.15, 0.2) is 0 Å². The molecule has 2 aliphatic heterocycles. The van der Waals surface area contributed by atoms with Crippen LogP contribution in [-0.2, 0) is 42.9 Å². The number of nitrogens with one attached hydrogen (secondary N) is 3. The number of aliphatic hydroxyl groups excluding tert-OH is 5. The van der Waals surface area contributed by atoms with E-state index in [9.17, 15) is 49.8 Å². The van der Waals surface area contributed by atoms with Crippen molar-refractivity contribution in [1.82, 2.24) is 16.0 Å². The van der Waals surface area contributed by atoms with Gasteiger partial charge in [0.2, 0.25) is 17.7 Å². The average Bonchev–Trinajstić information content (AvgIpc) is 3.13. The number of carbonyl (C=O) groups is 4. The molecule has 18 nitrogen and oxygen atoms in total. The summed E-state index contributed by atoms with van der Waals surface area (Å²) in [5.41, 5.74) is 0. The van der Waals surface area contributed by atoms with Crippen molar-refractivity contribution in [2.75, 3.05) is 19.7 Å². The van der Waals surface area contributed by atoms with E-state index in [2.05, 4.69) is 16.0 Å². The Bertz CT molecular complexity index is 1240. The molecule has 0 radical (unpaired) electrons. The van der Waals surface area contributed by atoms with Gasteiger partial charge in [0.05, 0.1) is 24.9 Å². The molecule has 2 saturated carbocycles. The molecule has 9 N–H and O–H groups in total. The van der Waals surface area contributed by atoms with Crippen LogP contribution in [0.1, 0.15) is 85.5 Å². The van der Waals surface area contributed by atoms with Crippen LogP contribution in [0.25, 0.3) is 0 Å². The van der Waals surface area contributed by atoms with Gasteiger partial charge in [-0.2, -0.15) is 0 Å². The van der Waals surface area contributed by atoms with Gasteiger partial charge in [0.25, 0.3) is 0 Å². The Hall–Kier alpha value is -2.52. The fourth-order valence-corrected chi connectivity index (χ4v) is 8.14. The Balaban J connectivity index is 1.65. The van der Waals surface area contributed by atoms with Crippen molar-refractivity contribution in [2.45, 2.75) is 165 Å². The minimum absolute atomic E-state index is 0.0145. The average molecular weight is 776 g/mol. The van der Waals surface area contributed by atoms with Gasteiger partial charge in [-0.25, -0.2) is 4.79 Å². The lowest BCUT2D eigenvalue weighted by Gasteiger charge is -2.49. The van der Waals surface area contributed by atoms with Crippen molar-refractivity contribution >= 4 is 23.7 Å². The predicted molar refractivity (Wildman–Crippen MR) is 187 cm³/mol. The lowest BCUT2D eigenvalue weighted by molar-refractivity contribution is -0.338. The van der Waals surface area contributed by atoms with Crippen LogP contribution in [0.3, 0.4) is 0 Å².